The van der Waals surface area contributed by atoms with Gasteiger partial charge in [0.2, 0.25) is 5.91 Å². The van der Waals surface area contributed by atoms with Crippen LogP contribution >= 0.6 is 11.6 Å². The minimum Gasteiger partial charge on any atom is -0.363 e. The van der Waals surface area contributed by atoms with Gasteiger partial charge in [0.15, 0.2) is 5.82 Å². The number of halogens is 2. The molecule has 1 aliphatic rings. The van der Waals surface area contributed by atoms with Gasteiger partial charge >= 0.3 is 0 Å². The molecule has 0 spiro atoms. The van der Waals surface area contributed by atoms with E-state index in [0.29, 0.717) is 13.1 Å². The van der Waals surface area contributed by atoms with E-state index in [9.17, 15) is 9.18 Å². The number of nitrogens with one attached hydrogen (secondary N) is 2. The number of hydrogen-bond donors (Lipinski definition) is 2. The maximum absolute atomic E-state index is 13.5. The van der Waals surface area contributed by atoms with Gasteiger partial charge in [0.05, 0.1) is 16.3 Å². The number of benzene rings is 1. The van der Waals surface area contributed by atoms with E-state index in [0.717, 1.165) is 0 Å². The highest BCUT2D eigenvalue weighted by Crippen LogP contribution is 2.22. The van der Waals surface area contributed by atoms with Crippen molar-refractivity contribution in [1.29, 1.82) is 0 Å². The molecule has 0 bridgehead atoms. The van der Waals surface area contributed by atoms with E-state index in [-0.39, 0.29) is 22.9 Å². The highest BCUT2D eigenvalue weighted by atomic mass is 35.5. The van der Waals surface area contributed by atoms with Crippen LogP contribution in [0.2, 0.25) is 5.02 Å². The zero-order valence-corrected chi connectivity index (χ0v) is 10.7. The quantitative estimate of drug-likeness (QED) is 0.879. The number of rotatable bonds is 4. The third kappa shape index (κ3) is 2.98. The topological polar surface area (TPSA) is 50.4 Å². The summed E-state index contributed by atoms with van der Waals surface area (Å²) in [6.07, 6.45) is 0. The molecule has 0 radical (unpaired) electrons. The van der Waals surface area contributed by atoms with Crippen molar-refractivity contribution >= 4 is 23.2 Å². The lowest BCUT2D eigenvalue weighted by Crippen LogP contribution is -2.59. The fraction of sp³-hybridized carbons (Fsp3) is 0.417. The van der Waals surface area contributed by atoms with Crippen LogP contribution in [0.25, 0.3) is 0 Å². The first kappa shape index (κ1) is 13.3. The van der Waals surface area contributed by atoms with Gasteiger partial charge in [-0.05, 0) is 19.1 Å². The Morgan fingerprint density at radius 1 is 1.61 bits per heavy atom. The zero-order chi connectivity index (χ0) is 13.2. The molecule has 18 heavy (non-hydrogen) atoms. The highest BCUT2D eigenvalue weighted by molar-refractivity contribution is 6.31. The molecule has 0 aliphatic carbocycles. The third-order valence-corrected chi connectivity index (χ3v) is 3.07. The van der Waals surface area contributed by atoms with Crippen LogP contribution in [0.15, 0.2) is 18.2 Å². The molecular weight excluding hydrogens is 259 g/mol. The van der Waals surface area contributed by atoms with Gasteiger partial charge in [0.1, 0.15) is 6.61 Å². The van der Waals surface area contributed by atoms with Gasteiger partial charge in [0.25, 0.3) is 0 Å². The highest BCUT2D eigenvalue weighted by Gasteiger charge is 2.33. The maximum atomic E-state index is 13.5. The number of carbonyl (C=O) groups is 1. The van der Waals surface area contributed by atoms with Crippen LogP contribution in [0, 0.1) is 5.82 Å². The molecule has 1 fully saturated rings. The summed E-state index contributed by atoms with van der Waals surface area (Å²) >= 11 is 5.61. The maximum Gasteiger partial charge on any atom is 0.250 e. The largest absolute Gasteiger partial charge is 0.363 e. The van der Waals surface area contributed by atoms with Gasteiger partial charge in [0, 0.05) is 13.1 Å². The minimum atomic E-state index is -0.635. The first-order chi connectivity index (χ1) is 8.50. The lowest BCUT2D eigenvalue weighted by Gasteiger charge is -2.38. The van der Waals surface area contributed by atoms with Crippen molar-refractivity contribution in [3.8, 4) is 0 Å². The predicted molar refractivity (Wildman–Crippen MR) is 67.3 cm³/mol. The summed E-state index contributed by atoms with van der Waals surface area (Å²) in [5.41, 5.74) is -0.238. The Morgan fingerprint density at radius 2 is 2.33 bits per heavy atom. The van der Waals surface area contributed by atoms with Gasteiger partial charge in [-0.2, -0.15) is 0 Å². The number of ether oxygens (including phenoxy) is 1. The van der Waals surface area contributed by atoms with E-state index in [2.05, 4.69) is 10.6 Å². The van der Waals surface area contributed by atoms with Crippen molar-refractivity contribution in [3.63, 3.8) is 0 Å². The van der Waals surface area contributed by atoms with Crippen molar-refractivity contribution in [2.75, 3.05) is 25.0 Å². The molecule has 0 atom stereocenters. The summed E-state index contributed by atoms with van der Waals surface area (Å²) in [5, 5.41) is 5.46. The Kier molecular flexibility index (Phi) is 3.85. The molecule has 2 N–H and O–H groups in total. The number of anilines is 1. The lowest BCUT2D eigenvalue weighted by molar-refractivity contribution is -0.130. The van der Waals surface area contributed by atoms with E-state index in [4.69, 9.17) is 16.3 Å². The standard InChI is InChI=1S/C12H14ClFN2O2/c1-12(6-15-7-12)18-5-10(17)16-9-4-2-3-8(13)11(9)14/h2-4,15H,5-7H2,1H3,(H,16,17). The van der Waals surface area contributed by atoms with Gasteiger partial charge in [-0.1, -0.05) is 17.7 Å². The summed E-state index contributed by atoms with van der Waals surface area (Å²) in [5.74, 6) is -1.03. The molecule has 1 saturated heterocycles. The lowest BCUT2D eigenvalue weighted by atomic mass is 10.0. The molecule has 2 rings (SSSR count). The fourth-order valence-corrected chi connectivity index (χ4v) is 1.78. The average Bonchev–Trinajstić information content (AvgIpc) is 2.30. The van der Waals surface area contributed by atoms with E-state index in [1.54, 1.807) is 6.07 Å². The molecule has 6 heteroatoms. The normalized spacial score (nSPS) is 17.1. The van der Waals surface area contributed by atoms with Crippen molar-refractivity contribution < 1.29 is 13.9 Å². The molecule has 1 amide bonds. The van der Waals surface area contributed by atoms with Crippen molar-refractivity contribution in [2.45, 2.75) is 12.5 Å². The predicted octanol–water partition coefficient (Wildman–Crippen LogP) is 1.80. The fourth-order valence-electron chi connectivity index (χ4n) is 1.61. The summed E-state index contributed by atoms with van der Waals surface area (Å²) in [6.45, 7) is 3.23. The van der Waals surface area contributed by atoms with Gasteiger partial charge in [-0.15, -0.1) is 0 Å². The second-order valence-electron chi connectivity index (χ2n) is 4.49. The van der Waals surface area contributed by atoms with Gasteiger partial charge in [-0.3, -0.25) is 4.79 Å². The van der Waals surface area contributed by atoms with E-state index in [1.165, 1.54) is 12.1 Å². The molecular formula is C12H14ClFN2O2. The number of amides is 1. The van der Waals surface area contributed by atoms with Gasteiger partial charge < -0.3 is 15.4 Å². The number of hydrogen-bond acceptors (Lipinski definition) is 3. The Labute approximate surface area is 109 Å². The summed E-state index contributed by atoms with van der Waals surface area (Å²) in [4.78, 5) is 11.6. The first-order valence-corrected chi connectivity index (χ1v) is 5.96. The number of carbonyl (C=O) groups excluding carboxylic acids is 1. The van der Waals surface area contributed by atoms with E-state index < -0.39 is 11.7 Å². The summed E-state index contributed by atoms with van der Waals surface area (Å²) in [6, 6.07) is 4.44. The molecule has 0 unspecified atom stereocenters. The average molecular weight is 273 g/mol. The minimum absolute atomic E-state index is 0.0242. The van der Waals surface area contributed by atoms with Crippen LogP contribution in [-0.4, -0.2) is 31.2 Å². The molecule has 0 aromatic heterocycles. The molecule has 4 nitrogen and oxygen atoms in total. The van der Waals surface area contributed by atoms with E-state index in [1.807, 2.05) is 6.92 Å². The van der Waals surface area contributed by atoms with Gasteiger partial charge in [-0.25, -0.2) is 4.39 Å². The first-order valence-electron chi connectivity index (χ1n) is 5.59. The van der Waals surface area contributed by atoms with Crippen LogP contribution < -0.4 is 10.6 Å². The van der Waals surface area contributed by atoms with Crippen LogP contribution in [0.1, 0.15) is 6.92 Å². The van der Waals surface area contributed by atoms with Crippen LogP contribution in [0.4, 0.5) is 10.1 Å². The summed E-state index contributed by atoms with van der Waals surface area (Å²) in [7, 11) is 0. The Bertz CT molecular complexity index is 463. The zero-order valence-electron chi connectivity index (χ0n) is 9.93. The van der Waals surface area contributed by atoms with Crippen LogP contribution in [0.5, 0.6) is 0 Å². The second-order valence-corrected chi connectivity index (χ2v) is 4.90. The van der Waals surface area contributed by atoms with Crippen molar-refractivity contribution in [3.05, 3.63) is 29.0 Å². The van der Waals surface area contributed by atoms with Crippen LogP contribution in [-0.2, 0) is 9.53 Å². The monoisotopic (exact) mass is 272 g/mol. The molecule has 1 aromatic rings. The molecule has 98 valence electrons. The summed E-state index contributed by atoms with van der Waals surface area (Å²) < 4.78 is 19.0. The Morgan fingerprint density at radius 3 is 2.94 bits per heavy atom. The molecule has 0 saturated carbocycles. The third-order valence-electron chi connectivity index (χ3n) is 2.78. The van der Waals surface area contributed by atoms with Crippen LogP contribution in [0.3, 0.4) is 0 Å². The van der Waals surface area contributed by atoms with Crippen molar-refractivity contribution in [2.24, 2.45) is 0 Å². The SMILES string of the molecule is CC1(OCC(=O)Nc2cccc(Cl)c2F)CNC1. The molecule has 1 aromatic carbocycles. The smallest absolute Gasteiger partial charge is 0.250 e. The second kappa shape index (κ2) is 5.22. The molecule has 1 aliphatic heterocycles. The van der Waals surface area contributed by atoms with E-state index >= 15 is 0 Å². The Balaban J connectivity index is 1.89. The Hall–Kier alpha value is -1.17. The molecule has 1 heterocycles. The van der Waals surface area contributed by atoms with Crippen molar-refractivity contribution in [1.82, 2.24) is 5.32 Å².